The van der Waals surface area contributed by atoms with Crippen molar-refractivity contribution >= 4 is 44.1 Å². The van der Waals surface area contributed by atoms with Crippen LogP contribution in [-0.4, -0.2) is 58.3 Å². The summed E-state index contributed by atoms with van der Waals surface area (Å²) in [5, 5.41) is 3.79. The molecule has 0 bridgehead atoms. The lowest BCUT2D eigenvalue weighted by Gasteiger charge is -2.28. The molecule has 5 rings (SSSR count). The second kappa shape index (κ2) is 9.03. The third kappa shape index (κ3) is 4.52. The molecule has 0 unspecified atom stereocenters. The molecule has 3 aromatic heterocycles. The molecule has 3 aromatic rings. The molecule has 1 aliphatic carbocycles. The Kier molecular flexibility index (Phi) is 6.04. The van der Waals surface area contributed by atoms with Crippen molar-refractivity contribution in [2.45, 2.75) is 45.6 Å². The molecule has 184 valence electrons. The number of ketones is 1. The predicted octanol–water partition coefficient (Wildman–Crippen LogP) is 2.79. The van der Waals surface area contributed by atoms with Gasteiger partial charge in [-0.1, -0.05) is 12.8 Å². The summed E-state index contributed by atoms with van der Waals surface area (Å²) >= 11 is 0. The number of nitrogens with zero attached hydrogens (tertiary/aromatic N) is 5. The first-order valence-corrected chi connectivity index (χ1v) is 13.7. The fourth-order valence-electron chi connectivity index (χ4n) is 5.04. The van der Waals surface area contributed by atoms with E-state index in [1.807, 2.05) is 11.0 Å². The van der Waals surface area contributed by atoms with Crippen LogP contribution < -0.4 is 15.8 Å². The number of hydrogen-bond donors (Lipinski definition) is 1. The fraction of sp³-hybridized carbons (Fsp3) is 0.458. The van der Waals surface area contributed by atoms with Crippen molar-refractivity contribution < 1.29 is 13.2 Å². The van der Waals surface area contributed by atoms with E-state index < -0.39 is 9.84 Å². The number of anilines is 3. The second-order valence-corrected chi connectivity index (χ2v) is 11.6. The molecule has 4 heterocycles. The number of pyridine rings is 2. The van der Waals surface area contributed by atoms with Gasteiger partial charge in [0.2, 0.25) is 5.95 Å². The standard InChI is InChI=1S/C24H28N6O4S/c1-15-19-14-26-24(27-20-8-7-18(13-25-20)29-9-11-35(33,34)12-10-29)28-22(19)30(17-5-3-4-6-17)23(32)21(15)16(2)31/h7-8,13-14,17H,3-6,9-12H2,1-2H3,(H,25,26,27,28). The summed E-state index contributed by atoms with van der Waals surface area (Å²) in [7, 11) is -2.95. The van der Waals surface area contributed by atoms with E-state index in [2.05, 4.69) is 20.3 Å². The zero-order valence-electron chi connectivity index (χ0n) is 19.8. The van der Waals surface area contributed by atoms with E-state index in [1.54, 1.807) is 30.0 Å². The molecule has 0 aromatic carbocycles. The van der Waals surface area contributed by atoms with Gasteiger partial charge in [0.1, 0.15) is 11.5 Å². The molecule has 1 aliphatic heterocycles. The number of hydrogen-bond acceptors (Lipinski definition) is 9. The van der Waals surface area contributed by atoms with Crippen LogP contribution in [0, 0.1) is 6.92 Å². The van der Waals surface area contributed by atoms with Crippen molar-refractivity contribution in [2.75, 3.05) is 34.8 Å². The molecule has 1 N–H and O–H groups in total. The number of rotatable bonds is 5. The molecule has 2 aliphatic rings. The van der Waals surface area contributed by atoms with Gasteiger partial charge in [0.15, 0.2) is 15.6 Å². The van der Waals surface area contributed by atoms with Gasteiger partial charge in [0, 0.05) is 30.7 Å². The van der Waals surface area contributed by atoms with E-state index in [9.17, 15) is 18.0 Å². The van der Waals surface area contributed by atoms with Gasteiger partial charge in [-0.05, 0) is 44.4 Å². The largest absolute Gasteiger partial charge is 0.368 e. The summed E-state index contributed by atoms with van der Waals surface area (Å²) in [6.45, 7) is 4.08. The Morgan fingerprint density at radius 3 is 2.43 bits per heavy atom. The monoisotopic (exact) mass is 496 g/mol. The molecule has 1 saturated heterocycles. The van der Waals surface area contributed by atoms with Gasteiger partial charge in [-0.2, -0.15) is 4.98 Å². The van der Waals surface area contributed by atoms with E-state index in [0.717, 1.165) is 31.4 Å². The third-order valence-corrected chi connectivity index (χ3v) is 8.56. The van der Waals surface area contributed by atoms with Crippen molar-refractivity contribution in [3.8, 4) is 0 Å². The van der Waals surface area contributed by atoms with Crippen LogP contribution in [0.15, 0.2) is 29.3 Å². The number of carbonyl (C=O) groups excluding carboxylic acids is 1. The summed E-state index contributed by atoms with van der Waals surface area (Å²) in [5.41, 5.74) is 1.89. The van der Waals surface area contributed by atoms with E-state index in [1.165, 1.54) is 6.92 Å². The van der Waals surface area contributed by atoms with Gasteiger partial charge in [0.05, 0.1) is 29.0 Å². The molecule has 2 fully saturated rings. The second-order valence-electron chi connectivity index (χ2n) is 9.27. The van der Waals surface area contributed by atoms with Gasteiger partial charge < -0.3 is 10.2 Å². The van der Waals surface area contributed by atoms with Crippen molar-refractivity contribution in [2.24, 2.45) is 0 Å². The lowest BCUT2D eigenvalue weighted by molar-refractivity contribution is 0.101. The van der Waals surface area contributed by atoms with Crippen LogP contribution in [0.4, 0.5) is 17.5 Å². The van der Waals surface area contributed by atoms with Gasteiger partial charge in [0.25, 0.3) is 5.56 Å². The number of aromatic nitrogens is 4. The molecule has 0 amide bonds. The minimum absolute atomic E-state index is 0.0113. The Balaban J connectivity index is 1.47. The SMILES string of the molecule is CC(=O)c1c(C)c2cnc(Nc3ccc(N4CCS(=O)(=O)CC4)cn3)nc2n(C2CCCC2)c1=O. The molecule has 0 spiro atoms. The lowest BCUT2D eigenvalue weighted by Crippen LogP contribution is -2.40. The summed E-state index contributed by atoms with van der Waals surface area (Å²) in [5.74, 6) is 0.878. The minimum Gasteiger partial charge on any atom is -0.368 e. The number of Topliss-reactive ketones (excluding diaryl/α,β-unsaturated/α-hetero) is 1. The topological polar surface area (TPSA) is 127 Å². The zero-order chi connectivity index (χ0) is 24.7. The first-order valence-electron chi connectivity index (χ1n) is 11.8. The Morgan fingerprint density at radius 2 is 1.80 bits per heavy atom. The van der Waals surface area contributed by atoms with Crippen molar-refractivity contribution in [3.63, 3.8) is 0 Å². The Labute approximate surface area is 203 Å². The van der Waals surface area contributed by atoms with E-state index in [0.29, 0.717) is 41.5 Å². The van der Waals surface area contributed by atoms with Gasteiger partial charge >= 0.3 is 0 Å². The molecule has 1 saturated carbocycles. The maximum atomic E-state index is 13.3. The Hall–Kier alpha value is -3.34. The highest BCUT2D eigenvalue weighted by Crippen LogP contribution is 2.32. The van der Waals surface area contributed by atoms with Gasteiger partial charge in [-0.25, -0.2) is 18.4 Å². The number of carbonyl (C=O) groups is 1. The van der Waals surface area contributed by atoms with Crippen LogP contribution in [0.3, 0.4) is 0 Å². The molecule has 11 heteroatoms. The van der Waals surface area contributed by atoms with Crippen molar-refractivity contribution in [1.82, 2.24) is 19.5 Å². The molecular formula is C24H28N6O4S. The maximum absolute atomic E-state index is 13.3. The Morgan fingerprint density at radius 1 is 1.09 bits per heavy atom. The van der Waals surface area contributed by atoms with Gasteiger partial charge in [-0.15, -0.1) is 0 Å². The molecular weight excluding hydrogens is 468 g/mol. The highest BCUT2D eigenvalue weighted by atomic mass is 32.2. The van der Waals surface area contributed by atoms with E-state index in [-0.39, 0.29) is 34.5 Å². The Bertz CT molecular complexity index is 1450. The third-order valence-electron chi connectivity index (χ3n) is 6.95. The minimum atomic E-state index is -2.95. The van der Waals surface area contributed by atoms with Gasteiger partial charge in [-0.3, -0.25) is 14.2 Å². The van der Waals surface area contributed by atoms with E-state index >= 15 is 0 Å². The van der Waals surface area contributed by atoms with Crippen LogP contribution in [-0.2, 0) is 9.84 Å². The van der Waals surface area contributed by atoms with Crippen molar-refractivity contribution in [3.05, 3.63) is 46.0 Å². The number of nitrogens with one attached hydrogen (secondary N) is 1. The van der Waals surface area contributed by atoms with Crippen LogP contribution >= 0.6 is 0 Å². The number of aryl methyl sites for hydroxylation is 1. The zero-order valence-corrected chi connectivity index (χ0v) is 20.6. The first kappa shape index (κ1) is 23.4. The predicted molar refractivity (Wildman–Crippen MR) is 134 cm³/mol. The average Bonchev–Trinajstić information content (AvgIpc) is 3.34. The van der Waals surface area contributed by atoms with Crippen LogP contribution in [0.25, 0.3) is 11.0 Å². The van der Waals surface area contributed by atoms with Crippen LogP contribution in [0.5, 0.6) is 0 Å². The van der Waals surface area contributed by atoms with Crippen LogP contribution in [0.2, 0.25) is 0 Å². The maximum Gasteiger partial charge on any atom is 0.263 e. The molecule has 0 atom stereocenters. The first-order chi connectivity index (χ1) is 16.7. The van der Waals surface area contributed by atoms with Crippen LogP contribution in [0.1, 0.15) is 54.6 Å². The summed E-state index contributed by atoms with van der Waals surface area (Å²) in [4.78, 5) is 41.2. The normalized spacial score (nSPS) is 18.2. The average molecular weight is 497 g/mol. The summed E-state index contributed by atoms with van der Waals surface area (Å²) < 4.78 is 25.0. The highest BCUT2D eigenvalue weighted by molar-refractivity contribution is 7.91. The molecule has 10 nitrogen and oxygen atoms in total. The molecule has 35 heavy (non-hydrogen) atoms. The number of sulfone groups is 1. The molecule has 0 radical (unpaired) electrons. The quantitative estimate of drug-likeness (QED) is 0.530. The van der Waals surface area contributed by atoms with Crippen molar-refractivity contribution in [1.29, 1.82) is 0 Å². The number of fused-ring (bicyclic) bond motifs is 1. The lowest BCUT2D eigenvalue weighted by atomic mass is 10.0. The fourth-order valence-corrected chi connectivity index (χ4v) is 6.24. The smallest absolute Gasteiger partial charge is 0.263 e. The van der Waals surface area contributed by atoms with E-state index in [4.69, 9.17) is 0 Å². The summed E-state index contributed by atoms with van der Waals surface area (Å²) in [6.07, 6.45) is 7.18. The summed E-state index contributed by atoms with van der Waals surface area (Å²) in [6, 6.07) is 3.68. The highest BCUT2D eigenvalue weighted by Gasteiger charge is 2.26.